The second-order valence-electron chi connectivity index (χ2n) is 8.60. The molecule has 1 fully saturated rings. The first kappa shape index (κ1) is 27.4. The van der Waals surface area contributed by atoms with Gasteiger partial charge in [0.1, 0.15) is 6.61 Å². The van der Waals surface area contributed by atoms with Crippen molar-refractivity contribution < 1.29 is 34.0 Å². The van der Waals surface area contributed by atoms with Gasteiger partial charge in [0.05, 0.1) is 24.4 Å². The minimum atomic E-state index is -0.975. The maximum absolute atomic E-state index is 12.0. The van der Waals surface area contributed by atoms with Crippen molar-refractivity contribution in [3.8, 4) is 0 Å². The number of carboxylic acid groups (broad SMARTS) is 1. The normalized spacial score (nSPS) is 18.9. The molecule has 1 aliphatic rings. The summed E-state index contributed by atoms with van der Waals surface area (Å²) in [6, 6.07) is 21.6. The number of aliphatic hydroxyl groups is 1. The largest absolute Gasteiger partial charge is 0.478 e. The monoisotopic (exact) mass is 535 g/mol. The highest BCUT2D eigenvalue weighted by molar-refractivity contribution is 7.99. The van der Waals surface area contributed by atoms with Gasteiger partial charge in [0.2, 0.25) is 0 Å². The zero-order chi connectivity index (χ0) is 26.9. The molecular formula is C29H29NO7S. The Morgan fingerprint density at radius 2 is 1.84 bits per heavy atom. The van der Waals surface area contributed by atoms with Gasteiger partial charge in [0.15, 0.2) is 6.29 Å². The lowest BCUT2D eigenvalue weighted by molar-refractivity contribution is -0.245. The Morgan fingerprint density at radius 3 is 2.58 bits per heavy atom. The van der Waals surface area contributed by atoms with Crippen LogP contribution in [-0.2, 0) is 20.8 Å². The summed E-state index contributed by atoms with van der Waals surface area (Å²) in [7, 11) is 0. The number of thioether (sulfide) groups is 1. The lowest BCUT2D eigenvalue weighted by atomic mass is 10.0. The van der Waals surface area contributed by atoms with E-state index in [1.807, 2.05) is 36.4 Å². The molecule has 0 saturated carbocycles. The molecule has 0 aromatic heterocycles. The lowest BCUT2D eigenvalue weighted by Crippen LogP contribution is -2.31. The number of anilines is 1. The number of hydrogen-bond acceptors (Lipinski definition) is 7. The summed E-state index contributed by atoms with van der Waals surface area (Å²) in [4.78, 5) is 24.3. The van der Waals surface area contributed by atoms with Gasteiger partial charge >= 0.3 is 12.1 Å². The van der Waals surface area contributed by atoms with Crippen LogP contribution >= 0.6 is 11.8 Å². The number of aromatic carboxylic acids is 1. The predicted molar refractivity (Wildman–Crippen MR) is 144 cm³/mol. The van der Waals surface area contributed by atoms with Gasteiger partial charge in [-0.05, 0) is 35.4 Å². The van der Waals surface area contributed by atoms with E-state index in [1.54, 1.807) is 36.4 Å². The number of benzene rings is 3. The molecule has 38 heavy (non-hydrogen) atoms. The van der Waals surface area contributed by atoms with E-state index in [4.69, 9.17) is 14.2 Å². The number of rotatable bonds is 10. The first-order chi connectivity index (χ1) is 18.5. The van der Waals surface area contributed by atoms with Crippen LogP contribution in [-0.4, -0.2) is 40.7 Å². The molecule has 198 valence electrons. The van der Waals surface area contributed by atoms with Crippen LogP contribution in [0.25, 0.3) is 0 Å². The highest BCUT2D eigenvalue weighted by Crippen LogP contribution is 2.40. The molecule has 4 rings (SSSR count). The van der Waals surface area contributed by atoms with Crippen LogP contribution in [0.3, 0.4) is 0 Å². The Hall–Kier alpha value is -3.63. The van der Waals surface area contributed by atoms with Crippen LogP contribution < -0.4 is 5.32 Å². The standard InChI is InChI=1S/C29H29NO7S/c1-2-14-35-29(34)30-22-7-5-6-21(15-22)28-36-23(18-38-26-9-4-3-8-24(26)27(32)33)16-25(37-28)20-12-10-19(17-31)11-13-20/h2-13,15,23,25,28,31H,1,14,16-18H2,(H,30,34)(H,32,33)/t23-,25+,28+/m0/s1. The van der Waals surface area contributed by atoms with E-state index in [0.717, 1.165) is 11.1 Å². The number of carbonyl (C=O) groups excluding carboxylic acids is 1. The number of aliphatic hydroxyl groups excluding tert-OH is 1. The predicted octanol–water partition coefficient (Wildman–Crippen LogP) is 5.95. The molecule has 8 nitrogen and oxygen atoms in total. The van der Waals surface area contributed by atoms with Crippen molar-refractivity contribution in [2.45, 2.75) is 36.4 Å². The summed E-state index contributed by atoms with van der Waals surface area (Å²) in [5, 5.41) is 21.6. The van der Waals surface area contributed by atoms with Gasteiger partial charge in [0, 0.05) is 28.3 Å². The number of carboxylic acids is 1. The van der Waals surface area contributed by atoms with Crippen LogP contribution in [0.4, 0.5) is 10.5 Å². The van der Waals surface area contributed by atoms with Crippen molar-refractivity contribution >= 4 is 29.5 Å². The third kappa shape index (κ3) is 7.23. The molecule has 3 atom stereocenters. The Morgan fingerprint density at radius 1 is 1.05 bits per heavy atom. The molecule has 0 bridgehead atoms. The number of ether oxygens (including phenoxy) is 3. The van der Waals surface area contributed by atoms with E-state index >= 15 is 0 Å². The summed E-state index contributed by atoms with van der Waals surface area (Å²) in [6.45, 7) is 3.58. The average molecular weight is 536 g/mol. The van der Waals surface area contributed by atoms with Crippen molar-refractivity contribution in [3.05, 3.63) is 108 Å². The van der Waals surface area contributed by atoms with Gasteiger partial charge in [-0.15, -0.1) is 11.8 Å². The minimum Gasteiger partial charge on any atom is -0.478 e. The molecule has 1 saturated heterocycles. The molecule has 1 aliphatic heterocycles. The van der Waals surface area contributed by atoms with Gasteiger partial charge in [-0.2, -0.15) is 0 Å². The molecule has 0 radical (unpaired) electrons. The van der Waals surface area contributed by atoms with E-state index in [-0.39, 0.29) is 31.0 Å². The molecular weight excluding hydrogens is 506 g/mol. The van der Waals surface area contributed by atoms with Crippen LogP contribution in [0.15, 0.2) is 90.3 Å². The number of hydrogen-bond donors (Lipinski definition) is 3. The van der Waals surface area contributed by atoms with Gasteiger partial charge in [-0.3, -0.25) is 5.32 Å². The highest BCUT2D eigenvalue weighted by atomic mass is 32.2. The third-order valence-corrected chi connectivity index (χ3v) is 7.10. The van der Waals surface area contributed by atoms with Gasteiger partial charge in [-0.1, -0.05) is 61.2 Å². The van der Waals surface area contributed by atoms with Crippen LogP contribution in [0.2, 0.25) is 0 Å². The molecule has 0 unspecified atom stereocenters. The second-order valence-corrected chi connectivity index (χ2v) is 9.66. The first-order valence-electron chi connectivity index (χ1n) is 12.1. The van der Waals surface area contributed by atoms with E-state index in [0.29, 0.717) is 28.3 Å². The SMILES string of the molecule is C=CCOC(=O)Nc1cccc([C@@H]2O[C@H](CSc3ccccc3C(=O)O)C[C@H](c3ccc(CO)cc3)O2)c1. The highest BCUT2D eigenvalue weighted by Gasteiger charge is 2.32. The molecule has 3 N–H and O–H groups in total. The topological polar surface area (TPSA) is 114 Å². The fourth-order valence-corrected chi connectivity index (χ4v) is 5.09. The Balaban J connectivity index is 1.54. The quantitative estimate of drug-likeness (QED) is 0.216. The summed E-state index contributed by atoms with van der Waals surface area (Å²) in [5.74, 6) is -0.460. The van der Waals surface area contributed by atoms with E-state index in [9.17, 15) is 19.8 Å². The fraction of sp³-hybridized carbons (Fsp3) is 0.241. The lowest BCUT2D eigenvalue weighted by Gasteiger charge is -2.36. The van der Waals surface area contributed by atoms with Crippen LogP contribution in [0, 0.1) is 0 Å². The third-order valence-electron chi connectivity index (χ3n) is 5.89. The van der Waals surface area contributed by atoms with Crippen molar-refractivity contribution in [1.29, 1.82) is 0 Å². The van der Waals surface area contributed by atoms with Crippen LogP contribution in [0.5, 0.6) is 0 Å². The number of amides is 1. The molecule has 0 spiro atoms. The Bertz CT molecular complexity index is 1260. The Kier molecular flexibility index (Phi) is 9.56. The minimum absolute atomic E-state index is 0.0468. The number of nitrogens with one attached hydrogen (secondary N) is 1. The summed E-state index contributed by atoms with van der Waals surface area (Å²) >= 11 is 1.43. The van der Waals surface area contributed by atoms with E-state index < -0.39 is 18.4 Å². The fourth-order valence-electron chi connectivity index (χ4n) is 4.03. The van der Waals surface area contributed by atoms with Gasteiger partial charge in [-0.25, -0.2) is 9.59 Å². The van der Waals surface area contributed by atoms with Crippen molar-refractivity contribution in [2.24, 2.45) is 0 Å². The zero-order valence-corrected chi connectivity index (χ0v) is 21.4. The molecule has 1 heterocycles. The van der Waals surface area contributed by atoms with Crippen LogP contribution in [0.1, 0.15) is 45.9 Å². The summed E-state index contributed by atoms with van der Waals surface area (Å²) in [5.41, 5.74) is 3.23. The summed E-state index contributed by atoms with van der Waals surface area (Å²) < 4.78 is 17.7. The smallest absolute Gasteiger partial charge is 0.411 e. The van der Waals surface area contributed by atoms with Crippen molar-refractivity contribution in [1.82, 2.24) is 0 Å². The maximum Gasteiger partial charge on any atom is 0.411 e. The van der Waals surface area contributed by atoms with Crippen molar-refractivity contribution in [2.75, 3.05) is 17.7 Å². The zero-order valence-electron chi connectivity index (χ0n) is 20.6. The second kappa shape index (κ2) is 13.3. The van der Waals surface area contributed by atoms with Crippen molar-refractivity contribution in [3.63, 3.8) is 0 Å². The Labute approximate surface area is 225 Å². The van der Waals surface area contributed by atoms with E-state index in [2.05, 4.69) is 11.9 Å². The molecule has 1 amide bonds. The van der Waals surface area contributed by atoms with E-state index in [1.165, 1.54) is 17.8 Å². The first-order valence-corrected chi connectivity index (χ1v) is 13.1. The average Bonchev–Trinajstić information content (AvgIpc) is 2.95. The molecule has 3 aromatic rings. The molecule has 9 heteroatoms. The van der Waals surface area contributed by atoms with Gasteiger partial charge < -0.3 is 24.4 Å². The molecule has 3 aromatic carbocycles. The van der Waals surface area contributed by atoms with Gasteiger partial charge in [0.25, 0.3) is 0 Å². The number of carbonyl (C=O) groups is 2. The summed E-state index contributed by atoms with van der Waals surface area (Å²) in [6.07, 6.45) is 0.176. The molecule has 0 aliphatic carbocycles. The maximum atomic E-state index is 12.0.